The molecule has 156 valence electrons. The van der Waals surface area contributed by atoms with Crippen LogP contribution < -0.4 is 10.6 Å². The Labute approximate surface area is 177 Å². The molecule has 0 radical (unpaired) electrons. The number of carbonyl (C=O) groups excluding carboxylic acids is 1. The fourth-order valence-corrected chi connectivity index (χ4v) is 3.74. The van der Waals surface area contributed by atoms with Crippen LogP contribution in [-0.4, -0.2) is 27.0 Å². The average Bonchev–Trinajstić information content (AvgIpc) is 3.14. The van der Waals surface area contributed by atoms with Gasteiger partial charge in [-0.15, -0.1) is 0 Å². The SMILES string of the molecule is O=C(Nc1cc(Br)ccc1O)c1cc2n(n1)[C@@H](C(F)(F)F)C[C@@H](c1ccccc1)N2. The van der Waals surface area contributed by atoms with E-state index in [-0.39, 0.29) is 29.4 Å². The first-order valence-corrected chi connectivity index (χ1v) is 9.79. The summed E-state index contributed by atoms with van der Waals surface area (Å²) in [7, 11) is 0. The van der Waals surface area contributed by atoms with Crippen molar-refractivity contribution in [1.82, 2.24) is 9.78 Å². The molecule has 0 saturated carbocycles. The number of anilines is 2. The van der Waals surface area contributed by atoms with Crippen molar-refractivity contribution in [3.05, 3.63) is 70.3 Å². The highest BCUT2D eigenvalue weighted by Gasteiger charge is 2.46. The Hall–Kier alpha value is -3.01. The minimum absolute atomic E-state index is 0.0982. The maximum Gasteiger partial charge on any atom is 0.410 e. The summed E-state index contributed by atoms with van der Waals surface area (Å²) in [6, 6.07) is 12.1. The maximum atomic E-state index is 13.7. The second-order valence-electron chi connectivity index (χ2n) is 6.88. The number of hydrogen-bond acceptors (Lipinski definition) is 4. The maximum absolute atomic E-state index is 13.7. The van der Waals surface area contributed by atoms with Gasteiger partial charge in [-0.25, -0.2) is 4.68 Å². The number of hydrogen-bond donors (Lipinski definition) is 3. The first-order chi connectivity index (χ1) is 14.2. The number of nitrogens with one attached hydrogen (secondary N) is 2. The number of aromatic hydroxyl groups is 1. The topological polar surface area (TPSA) is 79.2 Å². The van der Waals surface area contributed by atoms with Crippen LogP contribution in [0.5, 0.6) is 5.75 Å². The number of alkyl halides is 3. The minimum atomic E-state index is -4.54. The van der Waals surface area contributed by atoms with E-state index in [1.807, 2.05) is 0 Å². The molecular weight excluding hydrogens is 465 g/mol. The molecule has 0 unspecified atom stereocenters. The Morgan fingerprint density at radius 2 is 1.93 bits per heavy atom. The van der Waals surface area contributed by atoms with Crippen molar-refractivity contribution in [2.24, 2.45) is 0 Å². The molecule has 30 heavy (non-hydrogen) atoms. The third kappa shape index (κ3) is 4.00. The van der Waals surface area contributed by atoms with E-state index in [9.17, 15) is 23.1 Å². The van der Waals surface area contributed by atoms with E-state index in [1.54, 1.807) is 36.4 Å². The van der Waals surface area contributed by atoms with Crippen molar-refractivity contribution in [1.29, 1.82) is 0 Å². The summed E-state index contributed by atoms with van der Waals surface area (Å²) >= 11 is 3.23. The molecule has 1 aliphatic heterocycles. The van der Waals surface area contributed by atoms with Gasteiger partial charge in [0, 0.05) is 17.0 Å². The molecule has 1 amide bonds. The van der Waals surface area contributed by atoms with Crippen LogP contribution in [0.1, 0.15) is 34.6 Å². The largest absolute Gasteiger partial charge is 0.506 e. The number of halogens is 4. The van der Waals surface area contributed by atoms with Gasteiger partial charge in [0.2, 0.25) is 0 Å². The number of carbonyl (C=O) groups is 1. The number of fused-ring (bicyclic) bond motifs is 1. The first-order valence-electron chi connectivity index (χ1n) is 9.00. The van der Waals surface area contributed by atoms with Gasteiger partial charge in [-0.2, -0.15) is 18.3 Å². The molecule has 2 atom stereocenters. The second-order valence-corrected chi connectivity index (χ2v) is 7.79. The summed E-state index contributed by atoms with van der Waals surface area (Å²) in [6.07, 6.45) is -4.79. The van der Waals surface area contributed by atoms with Gasteiger partial charge in [0.05, 0.1) is 11.7 Å². The average molecular weight is 481 g/mol. The Balaban J connectivity index is 1.65. The van der Waals surface area contributed by atoms with Gasteiger partial charge in [-0.05, 0) is 23.8 Å². The first kappa shape index (κ1) is 20.3. The van der Waals surface area contributed by atoms with Gasteiger partial charge in [0.1, 0.15) is 11.6 Å². The van der Waals surface area contributed by atoms with Gasteiger partial charge < -0.3 is 15.7 Å². The molecule has 3 aromatic rings. The Morgan fingerprint density at radius 3 is 2.63 bits per heavy atom. The lowest BCUT2D eigenvalue weighted by molar-refractivity contribution is -0.173. The van der Waals surface area contributed by atoms with E-state index in [0.29, 0.717) is 10.0 Å². The highest BCUT2D eigenvalue weighted by Crippen LogP contribution is 2.43. The third-order valence-electron chi connectivity index (χ3n) is 4.83. The van der Waals surface area contributed by atoms with Crippen LogP contribution in [0.4, 0.5) is 24.7 Å². The smallest absolute Gasteiger partial charge is 0.410 e. The number of rotatable bonds is 3. The standard InChI is InChI=1S/C20H16BrF3N4O2/c21-12-6-7-16(29)14(8-12)26-19(30)15-10-18-25-13(11-4-2-1-3-5-11)9-17(20(22,23)24)28(18)27-15/h1-8,10,13,17,25,29H,9H2,(H,26,30)/t13-,17+/m0/s1. The molecule has 0 spiro atoms. The zero-order chi connectivity index (χ0) is 21.5. The Kier molecular flexibility index (Phi) is 5.19. The Morgan fingerprint density at radius 1 is 1.20 bits per heavy atom. The monoisotopic (exact) mass is 480 g/mol. The fraction of sp³-hybridized carbons (Fsp3) is 0.200. The van der Waals surface area contributed by atoms with Crippen molar-refractivity contribution in [3.63, 3.8) is 0 Å². The molecule has 2 heterocycles. The number of phenolic OH excluding ortho intramolecular Hbond substituents is 1. The molecule has 10 heteroatoms. The minimum Gasteiger partial charge on any atom is -0.506 e. The molecule has 0 fully saturated rings. The van der Waals surface area contributed by atoms with Crippen molar-refractivity contribution in [2.75, 3.05) is 10.6 Å². The van der Waals surface area contributed by atoms with Gasteiger partial charge in [-0.1, -0.05) is 46.3 Å². The van der Waals surface area contributed by atoms with Crippen LogP contribution in [-0.2, 0) is 0 Å². The lowest BCUT2D eigenvalue weighted by Gasteiger charge is -2.33. The second kappa shape index (κ2) is 7.67. The van der Waals surface area contributed by atoms with Crippen LogP contribution in [0.2, 0.25) is 0 Å². The summed E-state index contributed by atoms with van der Waals surface area (Å²) in [6.45, 7) is 0. The zero-order valence-corrected chi connectivity index (χ0v) is 16.9. The fourth-order valence-electron chi connectivity index (χ4n) is 3.38. The normalized spacial score (nSPS) is 18.4. The third-order valence-corrected chi connectivity index (χ3v) is 5.32. The molecule has 1 aromatic heterocycles. The van der Waals surface area contributed by atoms with Gasteiger partial charge in [0.25, 0.3) is 5.91 Å². The van der Waals surface area contributed by atoms with Gasteiger partial charge in [-0.3, -0.25) is 4.79 Å². The van der Waals surface area contributed by atoms with Crippen molar-refractivity contribution in [2.45, 2.75) is 24.7 Å². The highest BCUT2D eigenvalue weighted by molar-refractivity contribution is 9.10. The van der Waals surface area contributed by atoms with Crippen LogP contribution in [0.15, 0.2) is 59.1 Å². The lowest BCUT2D eigenvalue weighted by atomic mass is 9.97. The van der Waals surface area contributed by atoms with E-state index in [0.717, 1.165) is 4.68 Å². The highest BCUT2D eigenvalue weighted by atomic mass is 79.9. The number of benzene rings is 2. The molecule has 3 N–H and O–H groups in total. The van der Waals surface area contributed by atoms with Crippen molar-refractivity contribution >= 4 is 33.3 Å². The molecule has 0 aliphatic carbocycles. The molecular formula is C20H16BrF3N4O2. The van der Waals surface area contributed by atoms with E-state index >= 15 is 0 Å². The number of amides is 1. The van der Waals surface area contributed by atoms with E-state index in [2.05, 4.69) is 31.7 Å². The van der Waals surface area contributed by atoms with Crippen LogP contribution in [0.3, 0.4) is 0 Å². The van der Waals surface area contributed by atoms with E-state index < -0.39 is 24.2 Å². The number of phenols is 1. The van der Waals surface area contributed by atoms with Crippen molar-refractivity contribution < 1.29 is 23.1 Å². The van der Waals surface area contributed by atoms with E-state index in [4.69, 9.17) is 0 Å². The molecule has 2 aromatic carbocycles. The summed E-state index contributed by atoms with van der Waals surface area (Å²) in [4.78, 5) is 12.6. The lowest BCUT2D eigenvalue weighted by Crippen LogP contribution is -2.35. The van der Waals surface area contributed by atoms with Gasteiger partial charge >= 0.3 is 6.18 Å². The van der Waals surface area contributed by atoms with Crippen LogP contribution >= 0.6 is 15.9 Å². The predicted octanol–water partition coefficient (Wildman–Crippen LogP) is 5.26. The van der Waals surface area contributed by atoms with E-state index in [1.165, 1.54) is 18.2 Å². The number of aromatic nitrogens is 2. The molecule has 0 bridgehead atoms. The summed E-state index contributed by atoms with van der Waals surface area (Å²) in [5.41, 5.74) is 0.631. The Bertz CT molecular complexity index is 1090. The molecule has 4 rings (SSSR count). The predicted molar refractivity (Wildman–Crippen MR) is 109 cm³/mol. The van der Waals surface area contributed by atoms with Crippen LogP contribution in [0, 0.1) is 0 Å². The molecule has 1 aliphatic rings. The van der Waals surface area contributed by atoms with Crippen molar-refractivity contribution in [3.8, 4) is 5.75 Å². The summed E-state index contributed by atoms with van der Waals surface area (Å²) < 4.78 is 42.6. The zero-order valence-electron chi connectivity index (χ0n) is 15.3. The molecule has 0 saturated heterocycles. The number of nitrogens with zero attached hydrogens (tertiary/aromatic N) is 2. The summed E-state index contributed by atoms with van der Waals surface area (Å²) in [5, 5.41) is 19.3. The van der Waals surface area contributed by atoms with Crippen LogP contribution in [0.25, 0.3) is 0 Å². The molecule has 6 nitrogen and oxygen atoms in total. The quantitative estimate of drug-likeness (QED) is 0.446. The van der Waals surface area contributed by atoms with Gasteiger partial charge in [0.15, 0.2) is 11.7 Å². The summed E-state index contributed by atoms with van der Waals surface area (Å²) in [5.74, 6) is -0.809.